The van der Waals surface area contributed by atoms with E-state index in [0.717, 1.165) is 80.4 Å². The lowest BCUT2D eigenvalue weighted by Gasteiger charge is -2.36. The number of hydrogen-bond acceptors (Lipinski definition) is 7. The number of phenolic OH excluding ortho intramolecular Hbond substituents is 1. The SMILES string of the molecule is C[N+](C)(CCCCCCCCCNC[C@@H](O)c1ccc(O)c2[nH]c(=O)ccc12)Cc1cnc(C(O)(c2ccccc2)C2CCCCC2)o1. The molecule has 48 heavy (non-hydrogen) atoms. The molecule has 0 bridgehead atoms. The highest BCUT2D eigenvalue weighted by Gasteiger charge is 2.44. The zero-order valence-electron chi connectivity index (χ0n) is 28.8. The Morgan fingerprint density at radius 1 is 0.958 bits per heavy atom. The van der Waals surface area contributed by atoms with Crippen LogP contribution in [0.5, 0.6) is 5.75 Å². The number of unbranched alkanes of at least 4 members (excludes halogenated alkanes) is 6. The van der Waals surface area contributed by atoms with Crippen LogP contribution in [0.15, 0.2) is 70.0 Å². The van der Waals surface area contributed by atoms with Crippen LogP contribution in [-0.2, 0) is 12.1 Å². The minimum absolute atomic E-state index is 0.00192. The third kappa shape index (κ3) is 9.14. The van der Waals surface area contributed by atoms with Crippen LogP contribution in [0.1, 0.15) is 106 Å². The number of aliphatic hydroxyl groups is 2. The smallest absolute Gasteiger partial charge is 0.248 e. The fraction of sp³-hybridized carbons (Fsp3) is 0.538. The van der Waals surface area contributed by atoms with Crippen LogP contribution in [0.3, 0.4) is 0 Å². The van der Waals surface area contributed by atoms with Gasteiger partial charge in [-0.25, -0.2) is 4.98 Å². The lowest BCUT2D eigenvalue weighted by Crippen LogP contribution is -2.39. The molecular formula is C39H55N4O5+. The van der Waals surface area contributed by atoms with Crippen molar-refractivity contribution in [2.24, 2.45) is 5.92 Å². The highest BCUT2D eigenvalue weighted by molar-refractivity contribution is 5.87. The van der Waals surface area contributed by atoms with Gasteiger partial charge in [-0.2, -0.15) is 0 Å². The molecule has 2 heterocycles. The van der Waals surface area contributed by atoms with Gasteiger partial charge in [0, 0.05) is 23.9 Å². The van der Waals surface area contributed by atoms with E-state index < -0.39 is 11.7 Å². The maximum atomic E-state index is 12.1. The molecule has 0 spiro atoms. The van der Waals surface area contributed by atoms with E-state index in [9.17, 15) is 20.1 Å². The van der Waals surface area contributed by atoms with Gasteiger partial charge in [0.2, 0.25) is 11.4 Å². The first-order chi connectivity index (χ1) is 23.2. The number of aromatic amines is 1. The summed E-state index contributed by atoms with van der Waals surface area (Å²) in [6.45, 7) is 3.05. The Hall–Kier alpha value is -3.50. The number of phenols is 1. The second kappa shape index (κ2) is 16.7. The zero-order chi connectivity index (χ0) is 34.0. The molecule has 1 fully saturated rings. The van der Waals surface area contributed by atoms with Gasteiger partial charge in [0.05, 0.1) is 38.5 Å². The normalized spacial score (nSPS) is 16.2. The van der Waals surface area contributed by atoms with E-state index in [1.807, 2.05) is 36.5 Å². The molecule has 0 saturated heterocycles. The quantitative estimate of drug-likeness (QED) is 0.0596. The third-order valence-corrected chi connectivity index (χ3v) is 10.1. The van der Waals surface area contributed by atoms with Crippen LogP contribution in [0, 0.1) is 5.92 Å². The third-order valence-electron chi connectivity index (χ3n) is 10.1. The molecule has 1 unspecified atom stereocenters. The number of aromatic nitrogens is 2. The van der Waals surface area contributed by atoms with Crippen LogP contribution in [0.4, 0.5) is 0 Å². The summed E-state index contributed by atoms with van der Waals surface area (Å²) in [6.07, 6.45) is 14.8. The first-order valence-electron chi connectivity index (χ1n) is 18.0. The maximum Gasteiger partial charge on any atom is 0.248 e. The van der Waals surface area contributed by atoms with Crippen LogP contribution < -0.4 is 10.9 Å². The van der Waals surface area contributed by atoms with Crippen molar-refractivity contribution in [3.8, 4) is 5.75 Å². The summed E-state index contributed by atoms with van der Waals surface area (Å²) < 4.78 is 7.15. The molecule has 0 amide bonds. The number of pyridine rings is 1. The van der Waals surface area contributed by atoms with Crippen LogP contribution in [0.25, 0.3) is 10.9 Å². The van der Waals surface area contributed by atoms with Gasteiger partial charge < -0.3 is 34.5 Å². The first-order valence-corrected chi connectivity index (χ1v) is 18.0. The van der Waals surface area contributed by atoms with E-state index in [1.54, 1.807) is 12.1 Å². The van der Waals surface area contributed by atoms with Gasteiger partial charge in [-0.15, -0.1) is 0 Å². The number of nitrogens with zero attached hydrogens (tertiary/aromatic N) is 2. The summed E-state index contributed by atoms with van der Waals surface area (Å²) in [6, 6.07) is 16.2. The van der Waals surface area contributed by atoms with Gasteiger partial charge in [-0.05, 0) is 61.9 Å². The maximum absolute atomic E-state index is 12.1. The number of quaternary nitrogens is 1. The molecule has 5 N–H and O–H groups in total. The fourth-order valence-corrected chi connectivity index (χ4v) is 7.38. The molecule has 9 heteroatoms. The van der Waals surface area contributed by atoms with Crippen molar-refractivity contribution in [2.45, 2.75) is 95.3 Å². The number of hydrogen-bond donors (Lipinski definition) is 5. The van der Waals surface area contributed by atoms with Crippen LogP contribution >= 0.6 is 0 Å². The molecule has 9 nitrogen and oxygen atoms in total. The van der Waals surface area contributed by atoms with Crippen molar-refractivity contribution in [2.75, 3.05) is 33.7 Å². The van der Waals surface area contributed by atoms with Gasteiger partial charge in [-0.1, -0.05) is 81.3 Å². The number of rotatable bonds is 18. The number of H-pyrrole nitrogens is 1. The number of nitrogens with one attached hydrogen (secondary N) is 2. The van der Waals surface area contributed by atoms with E-state index in [-0.39, 0.29) is 17.2 Å². The van der Waals surface area contributed by atoms with Crippen molar-refractivity contribution in [1.29, 1.82) is 0 Å². The molecule has 2 aromatic heterocycles. The van der Waals surface area contributed by atoms with Gasteiger partial charge >= 0.3 is 0 Å². The molecule has 2 aromatic carbocycles. The second-order valence-electron chi connectivity index (χ2n) is 14.4. The predicted octanol–water partition coefficient (Wildman–Crippen LogP) is 6.67. The van der Waals surface area contributed by atoms with E-state index in [4.69, 9.17) is 4.42 Å². The molecule has 1 aliphatic rings. The summed E-state index contributed by atoms with van der Waals surface area (Å²) >= 11 is 0. The first kappa shape index (κ1) is 35.8. The average molecular weight is 660 g/mol. The Bertz CT molecular complexity index is 1630. The van der Waals surface area contributed by atoms with E-state index >= 15 is 0 Å². The number of benzene rings is 2. The molecule has 4 aromatic rings. The summed E-state index contributed by atoms with van der Waals surface area (Å²) in [7, 11) is 4.48. The predicted molar refractivity (Wildman–Crippen MR) is 190 cm³/mol. The van der Waals surface area contributed by atoms with Crippen molar-refractivity contribution in [1.82, 2.24) is 15.3 Å². The van der Waals surface area contributed by atoms with Crippen molar-refractivity contribution in [3.05, 3.63) is 93.9 Å². The highest BCUT2D eigenvalue weighted by atomic mass is 16.4. The van der Waals surface area contributed by atoms with Crippen LogP contribution in [0.2, 0.25) is 0 Å². The van der Waals surface area contributed by atoms with Gasteiger partial charge in [-0.3, -0.25) is 4.79 Å². The number of oxazole rings is 1. The molecular weight excluding hydrogens is 604 g/mol. The minimum atomic E-state index is -1.19. The Morgan fingerprint density at radius 3 is 2.42 bits per heavy atom. The number of aliphatic hydroxyl groups excluding tert-OH is 1. The number of aromatic hydroxyl groups is 1. The molecule has 0 radical (unpaired) electrons. The Morgan fingerprint density at radius 2 is 1.67 bits per heavy atom. The van der Waals surface area contributed by atoms with Gasteiger partial charge in [0.25, 0.3) is 0 Å². The van der Waals surface area contributed by atoms with Gasteiger partial charge in [0.1, 0.15) is 12.3 Å². The molecule has 1 saturated carbocycles. The molecule has 5 rings (SSSR count). The Kier molecular flexibility index (Phi) is 12.5. The monoisotopic (exact) mass is 659 g/mol. The Labute approximate surface area is 284 Å². The van der Waals surface area contributed by atoms with E-state index in [0.29, 0.717) is 28.9 Å². The standard InChI is InChI=1S/C39H54N4O5/c1-43(2,28-31-26-41-38(48-31)39(47,29-16-10-8-11-17-29)30-18-12-9-13-19-30)25-15-7-5-3-4-6-14-24-40-27-35(45)32-20-22-34(44)37-33(32)21-23-36(46)42-37/h8,10-11,16-17,20-23,26,30,35,40,45,47H,3-7,9,12-15,18-19,24-25,27-28H2,1-2H3,(H-,42,44,46)/p+1/t35-,39?/m1/s1. The lowest BCUT2D eigenvalue weighted by molar-refractivity contribution is -0.904. The van der Waals surface area contributed by atoms with Crippen molar-refractivity contribution < 1.29 is 24.2 Å². The summed E-state index contributed by atoms with van der Waals surface area (Å²) in [5, 5.41) is 36.9. The van der Waals surface area contributed by atoms with E-state index in [2.05, 4.69) is 29.4 Å². The lowest BCUT2D eigenvalue weighted by atomic mass is 9.73. The largest absolute Gasteiger partial charge is 0.506 e. The van der Waals surface area contributed by atoms with Gasteiger partial charge in [0.15, 0.2) is 11.4 Å². The summed E-state index contributed by atoms with van der Waals surface area (Å²) in [5.74, 6) is 1.37. The molecule has 260 valence electrons. The topological polar surface area (TPSA) is 132 Å². The highest BCUT2D eigenvalue weighted by Crippen LogP contribution is 2.43. The molecule has 2 atom stereocenters. The van der Waals surface area contributed by atoms with E-state index in [1.165, 1.54) is 44.2 Å². The van der Waals surface area contributed by atoms with Crippen molar-refractivity contribution >= 4 is 10.9 Å². The molecule has 0 aliphatic heterocycles. The summed E-state index contributed by atoms with van der Waals surface area (Å²) in [5.41, 5.74) is 0.429. The zero-order valence-corrected chi connectivity index (χ0v) is 28.8. The Balaban J connectivity index is 0.972. The molecule has 1 aliphatic carbocycles. The average Bonchev–Trinajstić information content (AvgIpc) is 3.56. The van der Waals surface area contributed by atoms with Crippen LogP contribution in [-0.4, -0.2) is 63.5 Å². The fourth-order valence-electron chi connectivity index (χ4n) is 7.38. The van der Waals surface area contributed by atoms with Crippen molar-refractivity contribution in [3.63, 3.8) is 0 Å². The summed E-state index contributed by atoms with van der Waals surface area (Å²) in [4.78, 5) is 18.9. The second-order valence-corrected chi connectivity index (χ2v) is 14.4. The number of fused-ring (bicyclic) bond motifs is 1. The minimum Gasteiger partial charge on any atom is -0.506 e.